The first-order chi connectivity index (χ1) is 15.4. The highest BCUT2D eigenvalue weighted by Gasteiger charge is 2.35. The molecule has 33 heavy (non-hydrogen) atoms. The van der Waals surface area contributed by atoms with Gasteiger partial charge in [0.15, 0.2) is 0 Å². The van der Waals surface area contributed by atoms with Crippen LogP contribution < -0.4 is 14.5 Å². The summed E-state index contributed by atoms with van der Waals surface area (Å²) in [7, 11) is -1.90. The van der Waals surface area contributed by atoms with E-state index in [0.717, 1.165) is 29.7 Å². The topological polar surface area (TPSA) is 73.0 Å². The number of alkyl halides is 3. The monoisotopic (exact) mass is 484 g/mol. The maximum atomic E-state index is 13.8. The van der Waals surface area contributed by atoms with Crippen molar-refractivity contribution in [3.05, 3.63) is 53.6 Å². The first-order valence-electron chi connectivity index (χ1n) is 10.3. The number of carbonyl (C=O) groups is 1. The number of aryl methyl sites for hydroxylation is 1. The first-order valence-corrected chi connectivity index (χ1v) is 12.2. The van der Waals surface area contributed by atoms with Crippen molar-refractivity contribution < 1.29 is 26.4 Å². The van der Waals surface area contributed by atoms with Crippen LogP contribution in [-0.2, 0) is 21.0 Å². The number of hydrogen-bond acceptors (Lipinski definition) is 5. The molecule has 2 aromatic rings. The van der Waals surface area contributed by atoms with Gasteiger partial charge < -0.3 is 15.1 Å². The van der Waals surface area contributed by atoms with Gasteiger partial charge in [0.2, 0.25) is 15.9 Å². The number of benzene rings is 2. The number of halogens is 3. The molecule has 11 heteroatoms. The maximum absolute atomic E-state index is 13.8. The van der Waals surface area contributed by atoms with E-state index >= 15 is 0 Å². The van der Waals surface area contributed by atoms with E-state index in [-0.39, 0.29) is 5.69 Å². The van der Waals surface area contributed by atoms with Crippen molar-refractivity contribution in [2.45, 2.75) is 13.1 Å². The summed E-state index contributed by atoms with van der Waals surface area (Å²) in [5, 5.41) is 2.25. The number of nitrogens with one attached hydrogen (secondary N) is 1. The molecule has 1 N–H and O–H groups in total. The standard InChI is InChI=1S/C22H27F3N4O3S/c1-16-6-4-5-7-20(16)29(33(3,31)32)15-21(30)26-19-9-8-17(14-18(19)22(23,24)25)28-12-10-27(2)11-13-28/h4-9,14H,10-13,15H2,1-3H3,(H,26,30). The predicted octanol–water partition coefficient (Wildman–Crippen LogP) is 3.17. The van der Waals surface area contributed by atoms with Crippen molar-refractivity contribution in [1.82, 2.24) is 4.90 Å². The number of sulfonamides is 1. The van der Waals surface area contributed by atoms with E-state index < -0.39 is 39.9 Å². The van der Waals surface area contributed by atoms with E-state index in [2.05, 4.69) is 10.2 Å². The Morgan fingerprint density at radius 1 is 1.09 bits per heavy atom. The molecule has 2 aromatic carbocycles. The molecule has 1 amide bonds. The number of likely N-dealkylation sites (N-methyl/N-ethyl adjacent to an activating group) is 1. The molecule has 1 aliphatic heterocycles. The Kier molecular flexibility index (Phi) is 7.23. The number of hydrogen-bond donors (Lipinski definition) is 1. The summed E-state index contributed by atoms with van der Waals surface area (Å²) in [4.78, 5) is 16.6. The fourth-order valence-electron chi connectivity index (χ4n) is 3.68. The van der Waals surface area contributed by atoms with E-state index in [1.165, 1.54) is 18.2 Å². The second kappa shape index (κ2) is 9.60. The van der Waals surface area contributed by atoms with Crippen LogP contribution >= 0.6 is 0 Å². The molecule has 0 unspecified atom stereocenters. The Bertz CT molecular complexity index is 1110. The largest absolute Gasteiger partial charge is 0.418 e. The lowest BCUT2D eigenvalue weighted by atomic mass is 10.1. The van der Waals surface area contributed by atoms with Crippen LogP contribution in [0.15, 0.2) is 42.5 Å². The summed E-state index contributed by atoms with van der Waals surface area (Å²) in [5.74, 6) is -0.874. The maximum Gasteiger partial charge on any atom is 0.418 e. The van der Waals surface area contributed by atoms with Crippen LogP contribution in [0.2, 0.25) is 0 Å². The summed E-state index contributed by atoms with van der Waals surface area (Å²) in [6.07, 6.45) is -3.75. The molecule has 0 saturated carbocycles. The highest BCUT2D eigenvalue weighted by molar-refractivity contribution is 7.92. The van der Waals surface area contributed by atoms with Gasteiger partial charge >= 0.3 is 6.18 Å². The second-order valence-electron chi connectivity index (χ2n) is 8.12. The smallest absolute Gasteiger partial charge is 0.369 e. The predicted molar refractivity (Wildman–Crippen MR) is 123 cm³/mol. The number of rotatable bonds is 6. The molecule has 1 aliphatic rings. The van der Waals surface area contributed by atoms with Gasteiger partial charge in [-0.05, 0) is 43.8 Å². The van der Waals surface area contributed by atoms with Crippen molar-refractivity contribution in [3.8, 4) is 0 Å². The molecule has 1 saturated heterocycles. The van der Waals surface area contributed by atoms with Crippen LogP contribution in [-0.4, -0.2) is 65.3 Å². The fourth-order valence-corrected chi connectivity index (χ4v) is 4.60. The Morgan fingerprint density at radius 3 is 2.30 bits per heavy atom. The van der Waals surface area contributed by atoms with Gasteiger partial charge in [-0.15, -0.1) is 0 Å². The molecular formula is C22H27F3N4O3S. The van der Waals surface area contributed by atoms with E-state index in [4.69, 9.17) is 0 Å². The van der Waals surface area contributed by atoms with Gasteiger partial charge in [-0.2, -0.15) is 13.2 Å². The Morgan fingerprint density at radius 2 is 1.73 bits per heavy atom. The third kappa shape index (κ3) is 6.17. The molecular weight excluding hydrogens is 457 g/mol. The number of carbonyl (C=O) groups excluding carboxylic acids is 1. The quantitative estimate of drug-likeness (QED) is 0.682. The number of nitrogens with zero attached hydrogens (tertiary/aromatic N) is 3. The third-order valence-corrected chi connectivity index (χ3v) is 6.65. The number of piperazine rings is 1. The lowest BCUT2D eigenvalue weighted by Crippen LogP contribution is -2.44. The average molecular weight is 485 g/mol. The molecule has 180 valence electrons. The molecule has 0 aliphatic carbocycles. The zero-order valence-corrected chi connectivity index (χ0v) is 19.5. The summed E-state index contributed by atoms with van der Waals surface area (Å²) < 4.78 is 66.9. The minimum Gasteiger partial charge on any atom is -0.369 e. The minimum absolute atomic E-state index is 0.289. The Labute approximate surface area is 191 Å². The number of anilines is 3. The summed E-state index contributed by atoms with van der Waals surface area (Å²) >= 11 is 0. The summed E-state index contributed by atoms with van der Waals surface area (Å²) in [6, 6.07) is 10.3. The molecule has 0 atom stereocenters. The molecule has 1 heterocycles. The second-order valence-corrected chi connectivity index (χ2v) is 10.0. The average Bonchev–Trinajstić information content (AvgIpc) is 2.72. The number of para-hydroxylation sites is 1. The van der Waals surface area contributed by atoms with Crippen molar-refractivity contribution in [2.75, 3.05) is 60.5 Å². The van der Waals surface area contributed by atoms with E-state index in [0.29, 0.717) is 24.3 Å². The van der Waals surface area contributed by atoms with Crippen LogP contribution in [0.3, 0.4) is 0 Å². The summed E-state index contributed by atoms with van der Waals surface area (Å²) in [6.45, 7) is 3.70. The fraction of sp³-hybridized carbons (Fsp3) is 0.409. The van der Waals surface area contributed by atoms with Gasteiger partial charge in [0, 0.05) is 31.9 Å². The lowest BCUT2D eigenvalue weighted by Gasteiger charge is -2.34. The molecule has 0 aromatic heterocycles. The lowest BCUT2D eigenvalue weighted by molar-refractivity contribution is -0.136. The van der Waals surface area contributed by atoms with E-state index in [9.17, 15) is 26.4 Å². The van der Waals surface area contributed by atoms with Gasteiger partial charge in [0.1, 0.15) is 6.54 Å². The zero-order chi connectivity index (χ0) is 24.4. The van der Waals surface area contributed by atoms with E-state index in [1.54, 1.807) is 25.1 Å². The molecule has 1 fully saturated rings. The summed E-state index contributed by atoms with van der Waals surface area (Å²) in [5.41, 5.74) is -0.0661. The van der Waals surface area contributed by atoms with Crippen LogP contribution in [0.1, 0.15) is 11.1 Å². The zero-order valence-electron chi connectivity index (χ0n) is 18.7. The van der Waals surface area contributed by atoms with Crippen LogP contribution in [0.4, 0.5) is 30.2 Å². The third-order valence-electron chi connectivity index (χ3n) is 5.52. The van der Waals surface area contributed by atoms with Crippen LogP contribution in [0.5, 0.6) is 0 Å². The van der Waals surface area contributed by atoms with Gasteiger partial charge in [-0.1, -0.05) is 18.2 Å². The van der Waals surface area contributed by atoms with E-state index in [1.807, 2.05) is 11.9 Å². The van der Waals surface area contributed by atoms with Gasteiger partial charge in [0.05, 0.1) is 23.2 Å². The van der Waals surface area contributed by atoms with Crippen molar-refractivity contribution >= 4 is 33.0 Å². The molecule has 3 rings (SSSR count). The van der Waals surface area contributed by atoms with Crippen LogP contribution in [0, 0.1) is 6.92 Å². The molecule has 7 nitrogen and oxygen atoms in total. The number of amides is 1. The van der Waals surface area contributed by atoms with Gasteiger partial charge in [-0.25, -0.2) is 8.42 Å². The Hall–Kier alpha value is -2.79. The highest BCUT2D eigenvalue weighted by Crippen LogP contribution is 2.37. The molecule has 0 radical (unpaired) electrons. The molecule has 0 spiro atoms. The Balaban J connectivity index is 1.85. The van der Waals surface area contributed by atoms with Crippen molar-refractivity contribution in [2.24, 2.45) is 0 Å². The van der Waals surface area contributed by atoms with Gasteiger partial charge in [-0.3, -0.25) is 9.10 Å². The highest BCUT2D eigenvalue weighted by atomic mass is 32.2. The normalized spacial score (nSPS) is 15.4. The minimum atomic E-state index is -4.70. The SMILES string of the molecule is Cc1ccccc1N(CC(=O)Nc1ccc(N2CCN(C)CC2)cc1C(F)(F)F)S(C)(=O)=O. The molecule has 0 bridgehead atoms. The van der Waals surface area contributed by atoms with Crippen molar-refractivity contribution in [3.63, 3.8) is 0 Å². The van der Waals surface area contributed by atoms with Gasteiger partial charge in [0.25, 0.3) is 0 Å². The van der Waals surface area contributed by atoms with Crippen LogP contribution in [0.25, 0.3) is 0 Å². The first kappa shape index (κ1) is 24.8. The van der Waals surface area contributed by atoms with Crippen molar-refractivity contribution in [1.29, 1.82) is 0 Å².